The van der Waals surface area contributed by atoms with Gasteiger partial charge in [0.25, 0.3) is 0 Å². The highest BCUT2D eigenvalue weighted by molar-refractivity contribution is 5.32. The lowest BCUT2D eigenvalue weighted by Gasteiger charge is -2.31. The zero-order chi connectivity index (χ0) is 12.1. The molecule has 0 amide bonds. The fraction of sp³-hybridized carbons (Fsp3) is 0.571. The summed E-state index contributed by atoms with van der Waals surface area (Å²) in [4.78, 5) is 0. The zero-order valence-electron chi connectivity index (χ0n) is 10.5. The first kappa shape index (κ1) is 12.4. The largest absolute Gasteiger partial charge is 0.497 e. The summed E-state index contributed by atoms with van der Waals surface area (Å²) in [6, 6.07) is 8.79. The summed E-state index contributed by atoms with van der Waals surface area (Å²) in [5, 5.41) is 3.59. The van der Waals surface area contributed by atoms with Gasteiger partial charge >= 0.3 is 0 Å². The van der Waals surface area contributed by atoms with E-state index in [1.165, 1.54) is 24.8 Å². The van der Waals surface area contributed by atoms with Crippen LogP contribution in [0.15, 0.2) is 24.3 Å². The van der Waals surface area contributed by atoms with Gasteiger partial charge in [0.15, 0.2) is 0 Å². The van der Waals surface area contributed by atoms with E-state index in [9.17, 15) is 0 Å². The second kappa shape index (κ2) is 6.03. The summed E-state index contributed by atoms with van der Waals surface area (Å²) in [5.41, 5.74) is 7.23. The van der Waals surface area contributed by atoms with E-state index in [4.69, 9.17) is 10.5 Å². The Kier molecular flexibility index (Phi) is 4.40. The van der Waals surface area contributed by atoms with E-state index < -0.39 is 0 Å². The predicted octanol–water partition coefficient (Wildman–Crippen LogP) is 1.88. The third-order valence-corrected chi connectivity index (χ3v) is 3.61. The molecule has 94 valence electrons. The summed E-state index contributed by atoms with van der Waals surface area (Å²) in [7, 11) is 1.70. The quantitative estimate of drug-likeness (QED) is 0.836. The smallest absolute Gasteiger partial charge is 0.119 e. The molecule has 3 heteroatoms. The molecule has 2 rings (SSSR count). The molecule has 0 radical (unpaired) electrons. The molecule has 0 spiro atoms. The Morgan fingerprint density at radius 2 is 2.35 bits per heavy atom. The minimum Gasteiger partial charge on any atom is -0.497 e. The highest BCUT2D eigenvalue weighted by Crippen LogP contribution is 2.26. The summed E-state index contributed by atoms with van der Waals surface area (Å²) in [5.74, 6) is 1.31. The zero-order valence-corrected chi connectivity index (χ0v) is 10.5. The van der Waals surface area contributed by atoms with Gasteiger partial charge < -0.3 is 15.8 Å². The van der Waals surface area contributed by atoms with Crippen molar-refractivity contribution in [3.8, 4) is 5.75 Å². The molecular weight excluding hydrogens is 212 g/mol. The third kappa shape index (κ3) is 2.99. The van der Waals surface area contributed by atoms with E-state index in [1.54, 1.807) is 7.11 Å². The van der Waals surface area contributed by atoms with Crippen molar-refractivity contribution in [2.24, 2.45) is 5.73 Å². The topological polar surface area (TPSA) is 47.3 Å². The Bertz CT molecular complexity index is 348. The van der Waals surface area contributed by atoms with Gasteiger partial charge in [0.05, 0.1) is 7.11 Å². The SMILES string of the molecule is COc1cccc(C(CN)C2CCCCN2)c1. The van der Waals surface area contributed by atoms with Crippen molar-refractivity contribution in [3.63, 3.8) is 0 Å². The summed E-state index contributed by atoms with van der Waals surface area (Å²) in [6.07, 6.45) is 3.81. The maximum Gasteiger partial charge on any atom is 0.119 e. The number of nitrogens with two attached hydrogens (primary N) is 1. The summed E-state index contributed by atoms with van der Waals surface area (Å²) < 4.78 is 5.28. The van der Waals surface area contributed by atoms with E-state index in [0.29, 0.717) is 18.5 Å². The molecule has 2 unspecified atom stereocenters. The van der Waals surface area contributed by atoms with Crippen molar-refractivity contribution in [3.05, 3.63) is 29.8 Å². The highest BCUT2D eigenvalue weighted by atomic mass is 16.5. The van der Waals surface area contributed by atoms with Crippen LogP contribution < -0.4 is 15.8 Å². The minimum atomic E-state index is 0.394. The lowest BCUT2D eigenvalue weighted by molar-refractivity contribution is 0.351. The van der Waals surface area contributed by atoms with Gasteiger partial charge in [-0.2, -0.15) is 0 Å². The first-order valence-electron chi connectivity index (χ1n) is 6.42. The van der Waals surface area contributed by atoms with Crippen LogP contribution in [0.25, 0.3) is 0 Å². The van der Waals surface area contributed by atoms with E-state index in [-0.39, 0.29) is 0 Å². The lowest BCUT2D eigenvalue weighted by atomic mass is 9.86. The van der Waals surface area contributed by atoms with Crippen LogP contribution >= 0.6 is 0 Å². The van der Waals surface area contributed by atoms with E-state index in [2.05, 4.69) is 17.4 Å². The molecule has 3 nitrogen and oxygen atoms in total. The second-order valence-corrected chi connectivity index (χ2v) is 4.68. The number of rotatable bonds is 4. The van der Waals surface area contributed by atoms with E-state index >= 15 is 0 Å². The Balaban J connectivity index is 2.15. The number of piperidine rings is 1. The van der Waals surface area contributed by atoms with Gasteiger partial charge in [-0.05, 0) is 37.1 Å². The molecule has 1 aliphatic heterocycles. The standard InChI is InChI=1S/C14H22N2O/c1-17-12-6-4-5-11(9-12)13(10-15)14-7-2-3-8-16-14/h4-6,9,13-14,16H,2-3,7-8,10,15H2,1H3. The lowest BCUT2D eigenvalue weighted by Crippen LogP contribution is -2.41. The van der Waals surface area contributed by atoms with E-state index in [0.717, 1.165) is 12.3 Å². The van der Waals surface area contributed by atoms with Crippen molar-refractivity contribution < 1.29 is 4.74 Å². The van der Waals surface area contributed by atoms with Gasteiger partial charge in [0.2, 0.25) is 0 Å². The predicted molar refractivity (Wildman–Crippen MR) is 70.4 cm³/mol. The van der Waals surface area contributed by atoms with Gasteiger partial charge in [0.1, 0.15) is 5.75 Å². The first-order chi connectivity index (χ1) is 8.35. The fourth-order valence-corrected chi connectivity index (χ4v) is 2.63. The molecule has 1 fully saturated rings. The van der Waals surface area contributed by atoms with Gasteiger partial charge in [-0.1, -0.05) is 18.6 Å². The molecule has 0 aliphatic carbocycles. The van der Waals surface area contributed by atoms with Gasteiger partial charge in [-0.3, -0.25) is 0 Å². The average molecular weight is 234 g/mol. The van der Waals surface area contributed by atoms with Crippen LogP contribution in [-0.2, 0) is 0 Å². The minimum absolute atomic E-state index is 0.394. The molecule has 1 aliphatic rings. The van der Waals surface area contributed by atoms with Crippen molar-refractivity contribution in [1.82, 2.24) is 5.32 Å². The molecule has 1 aromatic carbocycles. The van der Waals surface area contributed by atoms with Crippen LogP contribution in [0.5, 0.6) is 5.75 Å². The van der Waals surface area contributed by atoms with Gasteiger partial charge in [0, 0.05) is 18.5 Å². The molecule has 0 aromatic heterocycles. The first-order valence-corrected chi connectivity index (χ1v) is 6.42. The summed E-state index contributed by atoms with van der Waals surface area (Å²) in [6.45, 7) is 1.80. The Morgan fingerprint density at radius 1 is 1.47 bits per heavy atom. The van der Waals surface area contributed by atoms with E-state index in [1.807, 2.05) is 12.1 Å². The number of methoxy groups -OCH3 is 1. The van der Waals surface area contributed by atoms with Crippen molar-refractivity contribution >= 4 is 0 Å². The molecule has 17 heavy (non-hydrogen) atoms. The maximum atomic E-state index is 5.95. The van der Waals surface area contributed by atoms with Crippen molar-refractivity contribution in [1.29, 1.82) is 0 Å². The van der Waals surface area contributed by atoms with Crippen LogP contribution in [0.2, 0.25) is 0 Å². The molecular formula is C14H22N2O. The van der Waals surface area contributed by atoms with Gasteiger partial charge in [-0.25, -0.2) is 0 Å². The molecule has 1 aromatic rings. The molecule has 1 saturated heterocycles. The fourth-order valence-electron chi connectivity index (χ4n) is 2.63. The Hall–Kier alpha value is -1.06. The molecule has 2 atom stereocenters. The molecule has 0 bridgehead atoms. The average Bonchev–Trinajstić information content (AvgIpc) is 2.41. The Labute approximate surface area is 103 Å². The second-order valence-electron chi connectivity index (χ2n) is 4.68. The monoisotopic (exact) mass is 234 g/mol. The number of ether oxygens (including phenoxy) is 1. The maximum absolute atomic E-state index is 5.95. The number of nitrogens with one attached hydrogen (secondary N) is 1. The third-order valence-electron chi connectivity index (χ3n) is 3.61. The molecule has 3 N–H and O–H groups in total. The van der Waals surface area contributed by atoms with Crippen LogP contribution in [0.1, 0.15) is 30.7 Å². The van der Waals surface area contributed by atoms with Crippen LogP contribution in [-0.4, -0.2) is 26.2 Å². The van der Waals surface area contributed by atoms with Crippen molar-refractivity contribution in [2.45, 2.75) is 31.2 Å². The Morgan fingerprint density at radius 3 is 3.00 bits per heavy atom. The van der Waals surface area contributed by atoms with Crippen LogP contribution in [0.3, 0.4) is 0 Å². The highest BCUT2D eigenvalue weighted by Gasteiger charge is 2.23. The molecule has 1 heterocycles. The van der Waals surface area contributed by atoms with Crippen LogP contribution in [0.4, 0.5) is 0 Å². The van der Waals surface area contributed by atoms with Crippen molar-refractivity contribution in [2.75, 3.05) is 20.2 Å². The van der Waals surface area contributed by atoms with Crippen LogP contribution in [0, 0.1) is 0 Å². The normalized spacial score (nSPS) is 22.1. The van der Waals surface area contributed by atoms with Gasteiger partial charge in [-0.15, -0.1) is 0 Å². The number of hydrogen-bond acceptors (Lipinski definition) is 3. The molecule has 0 saturated carbocycles. The number of hydrogen-bond donors (Lipinski definition) is 2. The summed E-state index contributed by atoms with van der Waals surface area (Å²) >= 11 is 0. The number of benzene rings is 1.